The summed E-state index contributed by atoms with van der Waals surface area (Å²) in [5.41, 5.74) is 0.875. The lowest BCUT2D eigenvalue weighted by Crippen LogP contribution is -2.47. The Balaban J connectivity index is 1.79. The van der Waals surface area contributed by atoms with Gasteiger partial charge in [0.05, 0.1) is 11.3 Å². The van der Waals surface area contributed by atoms with Crippen LogP contribution in [0.2, 0.25) is 0 Å². The molecule has 1 aliphatic heterocycles. The van der Waals surface area contributed by atoms with E-state index in [4.69, 9.17) is 0 Å². The van der Waals surface area contributed by atoms with Crippen molar-refractivity contribution in [1.29, 1.82) is 0 Å². The predicted molar refractivity (Wildman–Crippen MR) is 84.0 cm³/mol. The van der Waals surface area contributed by atoms with Gasteiger partial charge < -0.3 is 14.4 Å². The number of hydrogen-bond donors (Lipinski definition) is 0. The van der Waals surface area contributed by atoms with Gasteiger partial charge >= 0.3 is 0 Å². The Labute approximate surface area is 129 Å². The van der Waals surface area contributed by atoms with Crippen molar-refractivity contribution in [3.63, 3.8) is 0 Å². The highest BCUT2D eigenvalue weighted by molar-refractivity contribution is 6.00. The third kappa shape index (κ3) is 2.56. The molecule has 1 aromatic carbocycles. The van der Waals surface area contributed by atoms with E-state index in [2.05, 4.69) is 14.8 Å². The Kier molecular flexibility index (Phi) is 3.83. The number of carbonyl (C=O) groups is 1. The fourth-order valence-electron chi connectivity index (χ4n) is 2.93. The van der Waals surface area contributed by atoms with E-state index in [1.165, 1.54) is 13.0 Å². The maximum atomic E-state index is 13.9. The van der Waals surface area contributed by atoms with Crippen LogP contribution < -0.4 is 9.80 Å². The highest BCUT2D eigenvalue weighted by Crippen LogP contribution is 2.25. The fourth-order valence-corrected chi connectivity index (χ4v) is 2.93. The molecule has 1 aliphatic rings. The van der Waals surface area contributed by atoms with Crippen molar-refractivity contribution in [2.45, 2.75) is 6.92 Å². The molecule has 0 spiro atoms. The van der Waals surface area contributed by atoms with Crippen molar-refractivity contribution in [3.8, 4) is 0 Å². The number of piperazine rings is 1. The summed E-state index contributed by atoms with van der Waals surface area (Å²) < 4.78 is 15.9. The molecule has 6 heteroatoms. The maximum absolute atomic E-state index is 13.9. The molecule has 1 aromatic heterocycles. The summed E-state index contributed by atoms with van der Waals surface area (Å²) in [6, 6.07) is 4.81. The minimum Gasteiger partial charge on any atom is -0.367 e. The zero-order valence-electron chi connectivity index (χ0n) is 12.8. The number of Topliss-reactive ketones (excluding diaryl/α,β-unsaturated/α-hetero) is 1. The van der Waals surface area contributed by atoms with Crippen LogP contribution >= 0.6 is 0 Å². The second kappa shape index (κ2) is 5.79. The molecule has 116 valence electrons. The lowest BCUT2D eigenvalue weighted by atomic mass is 10.1. The van der Waals surface area contributed by atoms with E-state index < -0.39 is 5.82 Å². The van der Waals surface area contributed by atoms with Gasteiger partial charge in [-0.05, 0) is 19.1 Å². The van der Waals surface area contributed by atoms with Gasteiger partial charge in [-0.2, -0.15) is 0 Å². The van der Waals surface area contributed by atoms with Gasteiger partial charge in [-0.15, -0.1) is 0 Å². The lowest BCUT2D eigenvalue weighted by Gasteiger charge is -2.37. The molecule has 0 atom stereocenters. The highest BCUT2D eigenvalue weighted by atomic mass is 19.1. The van der Waals surface area contributed by atoms with E-state index in [-0.39, 0.29) is 11.3 Å². The highest BCUT2D eigenvalue weighted by Gasteiger charge is 2.23. The molecule has 2 aromatic rings. The largest absolute Gasteiger partial charge is 0.367 e. The summed E-state index contributed by atoms with van der Waals surface area (Å²) in [6.45, 7) is 4.46. The summed E-state index contributed by atoms with van der Waals surface area (Å²) in [5, 5.41) is 0. The summed E-state index contributed by atoms with van der Waals surface area (Å²) in [6.07, 6.45) is 3.70. The van der Waals surface area contributed by atoms with Crippen molar-refractivity contribution >= 4 is 17.4 Å². The molecule has 0 unspecified atom stereocenters. The Bertz CT molecular complexity index is 689. The number of anilines is 2. The van der Waals surface area contributed by atoms with Crippen LogP contribution in [0.4, 0.5) is 16.0 Å². The summed E-state index contributed by atoms with van der Waals surface area (Å²) in [4.78, 5) is 20.4. The van der Waals surface area contributed by atoms with Crippen LogP contribution in [-0.4, -0.2) is 41.5 Å². The molecular formula is C16H19FN4O. The number of rotatable bonds is 3. The normalized spacial score (nSPS) is 15.2. The van der Waals surface area contributed by atoms with Gasteiger partial charge in [-0.3, -0.25) is 4.79 Å². The number of nitrogens with zero attached hydrogens (tertiary/aromatic N) is 4. The average molecular weight is 302 g/mol. The number of benzene rings is 1. The Hall–Kier alpha value is -2.37. The third-order valence-corrected chi connectivity index (χ3v) is 4.04. The first-order chi connectivity index (χ1) is 10.6. The minimum atomic E-state index is -0.448. The molecule has 0 radical (unpaired) electrons. The number of aryl methyl sites for hydroxylation is 1. The zero-order valence-corrected chi connectivity index (χ0v) is 12.8. The molecular weight excluding hydrogens is 283 g/mol. The van der Waals surface area contributed by atoms with Crippen LogP contribution in [0.15, 0.2) is 30.6 Å². The van der Waals surface area contributed by atoms with Crippen molar-refractivity contribution in [3.05, 3.63) is 42.0 Å². The molecule has 5 nitrogen and oxygen atoms in total. The van der Waals surface area contributed by atoms with Gasteiger partial charge in [0, 0.05) is 45.6 Å². The van der Waals surface area contributed by atoms with E-state index in [0.717, 1.165) is 32.1 Å². The number of carbonyl (C=O) groups excluding carboxylic acids is 1. The lowest BCUT2D eigenvalue weighted by molar-refractivity contribution is 0.101. The first-order valence-corrected chi connectivity index (χ1v) is 7.34. The van der Waals surface area contributed by atoms with E-state index >= 15 is 0 Å². The molecule has 1 fully saturated rings. The topological polar surface area (TPSA) is 41.4 Å². The van der Waals surface area contributed by atoms with Crippen molar-refractivity contribution in [2.75, 3.05) is 36.0 Å². The fraction of sp³-hybridized carbons (Fsp3) is 0.375. The molecule has 0 saturated carbocycles. The van der Waals surface area contributed by atoms with Crippen LogP contribution in [0.5, 0.6) is 0 Å². The number of imidazole rings is 1. The van der Waals surface area contributed by atoms with E-state index in [9.17, 15) is 9.18 Å². The third-order valence-electron chi connectivity index (χ3n) is 4.04. The van der Waals surface area contributed by atoms with E-state index in [1.807, 2.05) is 23.9 Å². The second-order valence-corrected chi connectivity index (χ2v) is 5.50. The molecule has 0 N–H and O–H groups in total. The number of ketones is 1. The molecule has 22 heavy (non-hydrogen) atoms. The van der Waals surface area contributed by atoms with Gasteiger partial charge in [0.2, 0.25) is 5.95 Å². The van der Waals surface area contributed by atoms with Crippen molar-refractivity contribution in [1.82, 2.24) is 9.55 Å². The van der Waals surface area contributed by atoms with Crippen LogP contribution in [0.1, 0.15) is 17.3 Å². The van der Waals surface area contributed by atoms with Gasteiger partial charge in [0.15, 0.2) is 5.78 Å². The van der Waals surface area contributed by atoms with Gasteiger partial charge in [0.25, 0.3) is 0 Å². The SMILES string of the molecule is CC(=O)c1c(F)cccc1N1CCN(c2nccn2C)CC1. The van der Waals surface area contributed by atoms with Crippen molar-refractivity contribution < 1.29 is 9.18 Å². The second-order valence-electron chi connectivity index (χ2n) is 5.50. The molecule has 3 rings (SSSR count). The maximum Gasteiger partial charge on any atom is 0.205 e. The van der Waals surface area contributed by atoms with E-state index in [0.29, 0.717) is 5.69 Å². The van der Waals surface area contributed by atoms with Crippen LogP contribution in [0.25, 0.3) is 0 Å². The standard InChI is InChI=1S/C16H19FN4O/c1-12(22)15-13(17)4-3-5-14(15)20-8-10-21(11-9-20)16-18-6-7-19(16)2/h3-7H,8-11H2,1-2H3. The van der Waals surface area contributed by atoms with Crippen LogP contribution in [0, 0.1) is 5.82 Å². The zero-order chi connectivity index (χ0) is 15.7. The van der Waals surface area contributed by atoms with Gasteiger partial charge in [0.1, 0.15) is 5.82 Å². The molecule has 1 saturated heterocycles. The number of hydrogen-bond acceptors (Lipinski definition) is 4. The monoisotopic (exact) mass is 302 g/mol. The summed E-state index contributed by atoms with van der Waals surface area (Å²) in [7, 11) is 1.97. The van der Waals surface area contributed by atoms with Crippen molar-refractivity contribution in [2.24, 2.45) is 7.05 Å². The Morgan fingerprint density at radius 3 is 2.45 bits per heavy atom. The molecule has 0 amide bonds. The molecule has 0 aliphatic carbocycles. The number of aromatic nitrogens is 2. The minimum absolute atomic E-state index is 0.188. The first kappa shape index (κ1) is 14.6. The average Bonchev–Trinajstić information content (AvgIpc) is 2.93. The quantitative estimate of drug-likeness (QED) is 0.814. The van der Waals surface area contributed by atoms with Gasteiger partial charge in [-0.25, -0.2) is 9.37 Å². The van der Waals surface area contributed by atoms with Gasteiger partial charge in [-0.1, -0.05) is 6.07 Å². The molecule has 0 bridgehead atoms. The van der Waals surface area contributed by atoms with Crippen LogP contribution in [-0.2, 0) is 7.05 Å². The Morgan fingerprint density at radius 1 is 1.18 bits per heavy atom. The predicted octanol–water partition coefficient (Wildman–Crippen LogP) is 2.09. The summed E-state index contributed by atoms with van der Waals surface area (Å²) in [5.74, 6) is 0.252. The van der Waals surface area contributed by atoms with E-state index in [1.54, 1.807) is 12.3 Å². The molecule has 2 heterocycles. The summed E-state index contributed by atoms with van der Waals surface area (Å²) >= 11 is 0. The van der Waals surface area contributed by atoms with Crippen LogP contribution in [0.3, 0.4) is 0 Å². The first-order valence-electron chi connectivity index (χ1n) is 7.34. The number of halogens is 1. The smallest absolute Gasteiger partial charge is 0.205 e. The Morgan fingerprint density at radius 2 is 1.86 bits per heavy atom.